The molecule has 1 heterocycles. The van der Waals surface area contributed by atoms with E-state index in [1.54, 1.807) is 23.1 Å². The van der Waals surface area contributed by atoms with Gasteiger partial charge in [-0.25, -0.2) is 14.0 Å². The highest BCUT2D eigenvalue weighted by Crippen LogP contribution is 2.28. The number of rotatable bonds is 4. The zero-order valence-electron chi connectivity index (χ0n) is 18.1. The van der Waals surface area contributed by atoms with Crippen molar-refractivity contribution in [1.82, 2.24) is 4.90 Å². The summed E-state index contributed by atoms with van der Waals surface area (Å²) in [6.07, 6.45) is 2.17. The van der Waals surface area contributed by atoms with Crippen LogP contribution in [0.1, 0.15) is 36.8 Å². The van der Waals surface area contributed by atoms with Crippen LogP contribution < -0.4 is 10.6 Å². The zero-order chi connectivity index (χ0) is 23.4. The van der Waals surface area contributed by atoms with Gasteiger partial charge in [0.1, 0.15) is 11.9 Å². The molecule has 3 N–H and O–H groups in total. The molecular weight excluding hydrogens is 429 g/mol. The second-order valence-corrected chi connectivity index (χ2v) is 8.41. The summed E-state index contributed by atoms with van der Waals surface area (Å²) in [6.45, 7) is 0.890. The summed E-state index contributed by atoms with van der Waals surface area (Å²) < 4.78 is 19.3. The van der Waals surface area contributed by atoms with Crippen molar-refractivity contribution in [3.05, 3.63) is 59.4 Å². The highest BCUT2D eigenvalue weighted by molar-refractivity contribution is 5.99. The number of fused-ring (bicyclic) bond motifs is 1. The summed E-state index contributed by atoms with van der Waals surface area (Å²) in [6, 6.07) is 10.8. The molecule has 1 aliphatic heterocycles. The maximum atomic E-state index is 13.7. The number of aliphatic carboxylic acids is 1. The Bertz CT molecular complexity index is 1050. The lowest BCUT2D eigenvalue weighted by Gasteiger charge is -2.32. The van der Waals surface area contributed by atoms with Crippen LogP contribution in [0.15, 0.2) is 42.5 Å². The highest BCUT2D eigenvalue weighted by atomic mass is 19.1. The van der Waals surface area contributed by atoms with Gasteiger partial charge in [-0.1, -0.05) is 18.2 Å². The molecule has 3 amide bonds. The van der Waals surface area contributed by atoms with Crippen LogP contribution in [0.4, 0.5) is 25.4 Å². The number of hydrogen-bond acceptors (Lipinski definition) is 4. The molecule has 8 nitrogen and oxygen atoms in total. The van der Waals surface area contributed by atoms with Crippen LogP contribution in [0.5, 0.6) is 0 Å². The molecule has 1 aliphatic carbocycles. The van der Waals surface area contributed by atoms with Gasteiger partial charge in [-0.15, -0.1) is 0 Å². The maximum absolute atomic E-state index is 13.7. The van der Waals surface area contributed by atoms with Crippen molar-refractivity contribution < 1.29 is 28.6 Å². The van der Waals surface area contributed by atoms with Gasteiger partial charge in [0.05, 0.1) is 11.6 Å². The van der Waals surface area contributed by atoms with E-state index in [-0.39, 0.29) is 23.8 Å². The summed E-state index contributed by atoms with van der Waals surface area (Å²) in [5.74, 6) is -1.65. The second kappa shape index (κ2) is 9.89. The minimum atomic E-state index is -0.786. The van der Waals surface area contributed by atoms with Crippen molar-refractivity contribution in [2.75, 3.05) is 17.2 Å². The Labute approximate surface area is 190 Å². The lowest BCUT2D eigenvalue weighted by molar-refractivity contribution is -0.143. The number of hydrogen-bond donors (Lipinski definition) is 3. The van der Waals surface area contributed by atoms with Gasteiger partial charge < -0.3 is 25.4 Å². The van der Waals surface area contributed by atoms with E-state index in [1.807, 2.05) is 12.1 Å². The Kier molecular flexibility index (Phi) is 6.76. The van der Waals surface area contributed by atoms with Crippen LogP contribution >= 0.6 is 0 Å². The number of nitrogens with zero attached hydrogens (tertiary/aromatic N) is 1. The van der Waals surface area contributed by atoms with Crippen molar-refractivity contribution >= 4 is 29.5 Å². The molecule has 4 rings (SSSR count). The monoisotopic (exact) mass is 455 g/mol. The molecule has 0 bridgehead atoms. The lowest BCUT2D eigenvalue weighted by atomic mass is 9.87. The maximum Gasteiger partial charge on any atom is 0.410 e. The number of urea groups is 1. The first-order chi connectivity index (χ1) is 15.9. The van der Waals surface area contributed by atoms with E-state index in [4.69, 9.17) is 9.84 Å². The Morgan fingerprint density at radius 2 is 1.76 bits per heavy atom. The smallest absolute Gasteiger partial charge is 0.410 e. The minimum absolute atomic E-state index is 0.0959. The number of anilines is 2. The first-order valence-electron chi connectivity index (χ1n) is 11.0. The number of carbonyl (C=O) groups is 3. The number of nitrogens with one attached hydrogen (secondary N) is 2. The fourth-order valence-corrected chi connectivity index (χ4v) is 4.28. The third kappa shape index (κ3) is 5.60. The van der Waals surface area contributed by atoms with Crippen LogP contribution in [0.2, 0.25) is 0 Å². The number of carboxylic acid groups (broad SMARTS) is 1. The number of para-hydroxylation sites is 1. The molecule has 174 valence electrons. The Hall–Kier alpha value is -3.62. The van der Waals surface area contributed by atoms with Gasteiger partial charge in [-0.05, 0) is 67.5 Å². The molecule has 33 heavy (non-hydrogen) atoms. The number of benzene rings is 2. The van der Waals surface area contributed by atoms with E-state index in [9.17, 15) is 18.8 Å². The first-order valence-corrected chi connectivity index (χ1v) is 11.0. The van der Waals surface area contributed by atoms with E-state index >= 15 is 0 Å². The van der Waals surface area contributed by atoms with Crippen molar-refractivity contribution in [3.63, 3.8) is 0 Å². The summed E-state index contributed by atoms with van der Waals surface area (Å²) in [4.78, 5) is 37.5. The molecular formula is C24H26FN3O5. The second-order valence-electron chi connectivity index (χ2n) is 8.41. The summed E-state index contributed by atoms with van der Waals surface area (Å²) >= 11 is 0. The number of halogens is 1. The predicted octanol–water partition coefficient (Wildman–Crippen LogP) is 4.61. The first kappa shape index (κ1) is 22.6. The summed E-state index contributed by atoms with van der Waals surface area (Å²) in [5.41, 5.74) is 2.66. The average molecular weight is 455 g/mol. The van der Waals surface area contributed by atoms with Crippen LogP contribution in [-0.2, 0) is 22.5 Å². The molecule has 9 heteroatoms. The normalized spacial score (nSPS) is 19.8. The molecule has 2 aliphatic rings. The lowest BCUT2D eigenvalue weighted by Crippen LogP contribution is -2.39. The number of carbonyl (C=O) groups excluding carboxylic acids is 2. The Morgan fingerprint density at radius 1 is 1.00 bits per heavy atom. The Balaban J connectivity index is 1.30. The molecule has 0 unspecified atom stereocenters. The molecule has 2 aromatic carbocycles. The van der Waals surface area contributed by atoms with Crippen molar-refractivity contribution in [2.45, 2.75) is 44.8 Å². The molecule has 1 saturated carbocycles. The molecule has 0 spiro atoms. The van der Waals surface area contributed by atoms with Crippen LogP contribution in [0.25, 0.3) is 0 Å². The van der Waals surface area contributed by atoms with E-state index in [2.05, 4.69) is 10.6 Å². The molecule has 2 aromatic rings. The van der Waals surface area contributed by atoms with Gasteiger partial charge in [-0.2, -0.15) is 0 Å². The topological polar surface area (TPSA) is 108 Å². The van der Waals surface area contributed by atoms with Gasteiger partial charge >= 0.3 is 18.1 Å². The average Bonchev–Trinajstić information content (AvgIpc) is 2.80. The van der Waals surface area contributed by atoms with Crippen molar-refractivity contribution in [2.24, 2.45) is 5.92 Å². The number of amides is 3. The van der Waals surface area contributed by atoms with Gasteiger partial charge in [0.15, 0.2) is 0 Å². The molecule has 0 saturated heterocycles. The molecule has 1 fully saturated rings. The number of carboxylic acids is 1. The van der Waals surface area contributed by atoms with E-state index in [0.717, 1.165) is 11.1 Å². The Morgan fingerprint density at radius 3 is 2.48 bits per heavy atom. The fraction of sp³-hybridized carbons (Fsp3) is 0.375. The summed E-state index contributed by atoms with van der Waals surface area (Å²) in [5, 5.41) is 14.3. The standard InChI is InChI=1S/C24H26FN3O5/c25-20-3-1-2-4-21(20)27-23(31)26-18-8-5-17-14-28(12-11-16(17)13-18)24(32)33-19-9-6-15(7-10-19)22(29)30/h1-5,8,13,15,19H,6-7,9-12,14H2,(H,29,30)(H2,26,27,31). The van der Waals surface area contributed by atoms with Crippen molar-refractivity contribution in [1.29, 1.82) is 0 Å². The minimum Gasteiger partial charge on any atom is -0.481 e. The predicted molar refractivity (Wildman–Crippen MR) is 119 cm³/mol. The van der Waals surface area contributed by atoms with Gasteiger partial charge in [0.25, 0.3) is 0 Å². The molecule has 0 radical (unpaired) electrons. The third-order valence-electron chi connectivity index (χ3n) is 6.15. The summed E-state index contributed by atoms with van der Waals surface area (Å²) in [7, 11) is 0. The van der Waals surface area contributed by atoms with Gasteiger partial charge in [0.2, 0.25) is 0 Å². The molecule has 0 atom stereocenters. The highest BCUT2D eigenvalue weighted by Gasteiger charge is 2.30. The largest absolute Gasteiger partial charge is 0.481 e. The van der Waals surface area contributed by atoms with E-state index < -0.39 is 17.8 Å². The van der Waals surface area contributed by atoms with Crippen molar-refractivity contribution in [3.8, 4) is 0 Å². The fourth-order valence-electron chi connectivity index (χ4n) is 4.28. The van der Waals surface area contributed by atoms with Crippen LogP contribution in [0, 0.1) is 11.7 Å². The van der Waals surface area contributed by atoms with E-state index in [1.165, 1.54) is 12.1 Å². The van der Waals surface area contributed by atoms with Crippen LogP contribution in [0.3, 0.4) is 0 Å². The molecule has 0 aromatic heterocycles. The number of ether oxygens (including phenoxy) is 1. The SMILES string of the molecule is O=C(Nc1ccc2c(c1)CCN(C(=O)OC1CCC(C(=O)O)CC1)C2)Nc1ccccc1F. The quantitative estimate of drug-likeness (QED) is 0.624. The van der Waals surface area contributed by atoms with E-state index in [0.29, 0.717) is 50.9 Å². The van der Waals surface area contributed by atoms with Gasteiger partial charge in [-0.3, -0.25) is 4.79 Å². The third-order valence-corrected chi connectivity index (χ3v) is 6.15. The zero-order valence-corrected chi connectivity index (χ0v) is 18.1. The van der Waals surface area contributed by atoms with Crippen LogP contribution in [-0.4, -0.2) is 40.7 Å². The van der Waals surface area contributed by atoms with Gasteiger partial charge in [0, 0.05) is 18.8 Å².